The molecule has 0 radical (unpaired) electrons. The third kappa shape index (κ3) is 5.80. The van der Waals surface area contributed by atoms with Crippen molar-refractivity contribution in [3.8, 4) is 0 Å². The number of carbonyl (C=O) groups excluding carboxylic acids is 1. The van der Waals surface area contributed by atoms with Crippen molar-refractivity contribution < 1.29 is 19.0 Å². The summed E-state index contributed by atoms with van der Waals surface area (Å²) in [6.45, 7) is 5.61. The molecule has 2 saturated heterocycles. The first-order valence-electron chi connectivity index (χ1n) is 11.8. The Hall–Kier alpha value is -2.72. The van der Waals surface area contributed by atoms with Gasteiger partial charge in [0.1, 0.15) is 23.9 Å². The van der Waals surface area contributed by atoms with E-state index < -0.39 is 0 Å². The smallest absolute Gasteiger partial charge is 0.341 e. The van der Waals surface area contributed by atoms with E-state index in [0.717, 1.165) is 75.1 Å². The Morgan fingerprint density at radius 3 is 1.88 bits per heavy atom. The van der Waals surface area contributed by atoms with Gasteiger partial charge >= 0.3 is 5.97 Å². The molecule has 33 heavy (non-hydrogen) atoms. The van der Waals surface area contributed by atoms with E-state index in [1.807, 2.05) is 23.2 Å². The van der Waals surface area contributed by atoms with E-state index in [0.29, 0.717) is 5.56 Å². The minimum atomic E-state index is -0.330. The second-order valence-electron chi connectivity index (χ2n) is 8.15. The molecule has 0 amide bonds. The number of hydrogen-bond donors (Lipinski definition) is 2. The van der Waals surface area contributed by atoms with Crippen LogP contribution >= 0.6 is 0 Å². The van der Waals surface area contributed by atoms with Gasteiger partial charge < -0.3 is 19.9 Å². The normalized spacial score (nSPS) is 20.6. The number of nitrogen functional groups attached to an aromatic ring is 1. The zero-order chi connectivity index (χ0) is 23.8. The molecule has 0 bridgehead atoms. The molecule has 0 saturated carbocycles. The number of nitrogens with two attached hydrogens (primary N) is 1. The molecule has 2 aromatic rings. The molecule has 3 N–H and O–H groups in total. The average Bonchev–Trinajstić information content (AvgIpc) is 3.49. The third-order valence-electron chi connectivity index (χ3n) is 6.02. The van der Waals surface area contributed by atoms with Crippen LogP contribution in [0.15, 0.2) is 12.4 Å². The average molecular weight is 461 g/mol. The molecule has 4 rings (SSSR count). The standard InChI is InChI=1S/C12H18N2O3.C11H18N4O/c1-3-10-9(12(15)16-2)8-13-14(10)11-6-4-5-7-17-11;1-2-9-8(11(12)13)7-14-15(9)10-5-3-4-6-16-10/h8,11H,3-7H2,1-2H3;7,10H,2-6H2,1H3,(H3,12,13). The maximum absolute atomic E-state index is 11.6. The monoisotopic (exact) mass is 460 g/mol. The molecule has 4 heterocycles. The first-order valence-corrected chi connectivity index (χ1v) is 11.8. The lowest BCUT2D eigenvalue weighted by atomic mass is 10.1. The van der Waals surface area contributed by atoms with Crippen molar-refractivity contribution >= 4 is 11.8 Å². The number of esters is 1. The van der Waals surface area contributed by atoms with Crippen LogP contribution in [0.1, 0.15) is 92.1 Å². The second kappa shape index (κ2) is 11.9. The van der Waals surface area contributed by atoms with Crippen molar-refractivity contribution in [3.05, 3.63) is 34.9 Å². The van der Waals surface area contributed by atoms with E-state index >= 15 is 0 Å². The molecule has 10 nitrogen and oxygen atoms in total. The molecule has 10 heteroatoms. The van der Waals surface area contributed by atoms with Gasteiger partial charge in [0.05, 0.1) is 36.5 Å². The summed E-state index contributed by atoms with van der Waals surface area (Å²) in [7, 11) is 1.39. The number of hydrogen-bond acceptors (Lipinski definition) is 7. The Kier molecular flexibility index (Phi) is 9.02. The SMILES string of the molecule is CCc1c(C(=N)N)cnn1C1CCCCO1.CCc1c(C(=O)OC)cnn1C1CCCCO1. The zero-order valence-electron chi connectivity index (χ0n) is 19.9. The van der Waals surface area contributed by atoms with Crippen molar-refractivity contribution in [1.29, 1.82) is 5.41 Å². The second-order valence-corrected chi connectivity index (χ2v) is 8.15. The van der Waals surface area contributed by atoms with Crippen LogP contribution in [0.5, 0.6) is 0 Å². The van der Waals surface area contributed by atoms with Gasteiger partial charge in [-0.3, -0.25) is 5.41 Å². The minimum absolute atomic E-state index is 0.0248. The molecule has 182 valence electrons. The Labute approximate surface area is 194 Å². The largest absolute Gasteiger partial charge is 0.465 e. The molecule has 2 atom stereocenters. The quantitative estimate of drug-likeness (QED) is 0.384. The zero-order valence-corrected chi connectivity index (χ0v) is 19.9. The molecule has 2 aliphatic rings. The van der Waals surface area contributed by atoms with Gasteiger partial charge in [0.2, 0.25) is 0 Å². The number of aromatic nitrogens is 4. The van der Waals surface area contributed by atoms with Crippen LogP contribution in [0.25, 0.3) is 0 Å². The summed E-state index contributed by atoms with van der Waals surface area (Å²) >= 11 is 0. The van der Waals surface area contributed by atoms with Crippen LogP contribution in [-0.2, 0) is 27.1 Å². The summed E-state index contributed by atoms with van der Waals surface area (Å²) < 4.78 is 19.8. The third-order valence-corrected chi connectivity index (χ3v) is 6.02. The summed E-state index contributed by atoms with van der Waals surface area (Å²) in [6, 6.07) is 0. The van der Waals surface area contributed by atoms with E-state index in [1.54, 1.807) is 12.4 Å². The summed E-state index contributed by atoms with van der Waals surface area (Å²) in [5.41, 5.74) is 8.69. The van der Waals surface area contributed by atoms with Crippen molar-refractivity contribution in [2.24, 2.45) is 5.73 Å². The van der Waals surface area contributed by atoms with Crippen LogP contribution in [-0.4, -0.2) is 51.7 Å². The maximum Gasteiger partial charge on any atom is 0.341 e. The van der Waals surface area contributed by atoms with Gasteiger partial charge in [-0.1, -0.05) is 13.8 Å². The van der Waals surface area contributed by atoms with Gasteiger partial charge in [0.25, 0.3) is 0 Å². The molecule has 2 fully saturated rings. The topological polar surface area (TPSA) is 130 Å². The van der Waals surface area contributed by atoms with Gasteiger partial charge in [-0.25, -0.2) is 14.2 Å². The van der Waals surface area contributed by atoms with Crippen LogP contribution in [0.2, 0.25) is 0 Å². The summed E-state index contributed by atoms with van der Waals surface area (Å²) in [5, 5.41) is 16.1. The Morgan fingerprint density at radius 1 is 1.00 bits per heavy atom. The fourth-order valence-electron chi connectivity index (χ4n) is 4.32. The van der Waals surface area contributed by atoms with Crippen LogP contribution in [0.4, 0.5) is 0 Å². The molecular weight excluding hydrogens is 424 g/mol. The molecule has 2 aromatic heterocycles. The highest BCUT2D eigenvalue weighted by Gasteiger charge is 2.24. The van der Waals surface area contributed by atoms with Crippen LogP contribution in [0, 0.1) is 5.41 Å². The number of carbonyl (C=O) groups is 1. The minimum Gasteiger partial charge on any atom is -0.465 e. The van der Waals surface area contributed by atoms with Crippen molar-refractivity contribution in [2.75, 3.05) is 20.3 Å². The van der Waals surface area contributed by atoms with Crippen molar-refractivity contribution in [1.82, 2.24) is 19.6 Å². The molecule has 0 spiro atoms. The van der Waals surface area contributed by atoms with Crippen LogP contribution < -0.4 is 5.73 Å². The Bertz CT molecular complexity index is 926. The van der Waals surface area contributed by atoms with E-state index in [1.165, 1.54) is 13.5 Å². The Balaban J connectivity index is 0.000000186. The number of rotatable bonds is 6. The molecular formula is C23H36N6O4. The molecule has 0 aliphatic carbocycles. The molecule has 2 aliphatic heterocycles. The predicted octanol–water partition coefficient (Wildman–Crippen LogP) is 3.36. The summed E-state index contributed by atoms with van der Waals surface area (Å²) in [6.07, 6.45) is 11.3. The van der Waals surface area contributed by atoms with E-state index in [-0.39, 0.29) is 24.3 Å². The maximum atomic E-state index is 11.6. The number of ether oxygens (including phenoxy) is 3. The predicted molar refractivity (Wildman–Crippen MR) is 123 cm³/mol. The van der Waals surface area contributed by atoms with Gasteiger partial charge in [-0.2, -0.15) is 10.2 Å². The lowest BCUT2D eigenvalue weighted by molar-refractivity contribution is -0.0411. The first kappa shape index (κ1) is 24.9. The summed E-state index contributed by atoms with van der Waals surface area (Å²) in [5.74, 6) is -0.247. The van der Waals surface area contributed by atoms with Crippen molar-refractivity contribution in [2.45, 2.75) is 77.7 Å². The van der Waals surface area contributed by atoms with Gasteiger partial charge in [0.15, 0.2) is 0 Å². The van der Waals surface area contributed by atoms with Crippen molar-refractivity contribution in [3.63, 3.8) is 0 Å². The van der Waals surface area contributed by atoms with E-state index in [2.05, 4.69) is 10.2 Å². The first-order chi connectivity index (χ1) is 16.0. The summed E-state index contributed by atoms with van der Waals surface area (Å²) in [4.78, 5) is 11.6. The fourth-order valence-corrected chi connectivity index (χ4v) is 4.32. The Morgan fingerprint density at radius 2 is 1.48 bits per heavy atom. The fraction of sp³-hybridized carbons (Fsp3) is 0.652. The number of nitrogens with zero attached hydrogens (tertiary/aromatic N) is 4. The molecule has 2 unspecified atom stereocenters. The van der Waals surface area contributed by atoms with E-state index in [4.69, 9.17) is 25.4 Å². The highest BCUT2D eigenvalue weighted by molar-refractivity contribution is 5.95. The lowest BCUT2D eigenvalue weighted by Crippen LogP contribution is -2.22. The van der Waals surface area contributed by atoms with Gasteiger partial charge in [0, 0.05) is 13.2 Å². The highest BCUT2D eigenvalue weighted by Crippen LogP contribution is 2.26. The number of nitrogens with one attached hydrogen (secondary N) is 1. The van der Waals surface area contributed by atoms with Gasteiger partial charge in [-0.15, -0.1) is 0 Å². The highest BCUT2D eigenvalue weighted by atomic mass is 16.5. The molecule has 0 aromatic carbocycles. The van der Waals surface area contributed by atoms with Gasteiger partial charge in [-0.05, 0) is 51.4 Å². The number of amidine groups is 1. The lowest BCUT2D eigenvalue weighted by Gasteiger charge is -2.24. The van der Waals surface area contributed by atoms with E-state index in [9.17, 15) is 4.79 Å². The van der Waals surface area contributed by atoms with Crippen LogP contribution in [0.3, 0.4) is 0 Å². The number of methoxy groups -OCH3 is 1.